The minimum atomic E-state index is -3.90. The van der Waals surface area contributed by atoms with Crippen molar-refractivity contribution >= 4 is 30.7 Å². The van der Waals surface area contributed by atoms with Crippen LogP contribution in [-0.2, 0) is 32.6 Å². The number of aromatic nitrogens is 4. The quantitative estimate of drug-likeness (QED) is 0.378. The fourth-order valence-electron chi connectivity index (χ4n) is 4.31. The van der Waals surface area contributed by atoms with Gasteiger partial charge in [0, 0.05) is 0 Å². The zero-order valence-electron chi connectivity index (χ0n) is 18.2. The second-order valence-corrected chi connectivity index (χ2v) is 10.2. The van der Waals surface area contributed by atoms with E-state index in [1.165, 1.54) is 19.6 Å². The Hall–Kier alpha value is -2.19. The molecule has 0 bridgehead atoms. The molecule has 15 heteroatoms. The molecule has 0 radical (unpaired) electrons. The van der Waals surface area contributed by atoms with Gasteiger partial charge in [-0.1, -0.05) is 0 Å². The summed E-state index contributed by atoms with van der Waals surface area (Å²) in [6.07, 6.45) is 0.353. The van der Waals surface area contributed by atoms with Gasteiger partial charge in [-0.25, -0.2) is 24.6 Å². The second kappa shape index (κ2) is 7.94. The van der Waals surface area contributed by atoms with Gasteiger partial charge < -0.3 is 29.6 Å². The Morgan fingerprint density at radius 1 is 1.33 bits per heavy atom. The Kier molecular flexibility index (Phi) is 5.44. The summed E-state index contributed by atoms with van der Waals surface area (Å²) in [5, 5.41) is 13.9. The normalized spacial score (nSPS) is 36.6. The third-order valence-electron chi connectivity index (χ3n) is 5.85. The van der Waals surface area contributed by atoms with Crippen LogP contribution in [0, 0.1) is 0 Å². The van der Waals surface area contributed by atoms with E-state index in [1.54, 1.807) is 18.4 Å². The van der Waals surface area contributed by atoms with Gasteiger partial charge in [-0.2, -0.15) is 0 Å². The third kappa shape index (κ3) is 3.71. The highest BCUT2D eigenvalue weighted by molar-refractivity contribution is 7.51. The Morgan fingerprint density at radius 2 is 2.12 bits per heavy atom. The molecular weight excluding hydrogens is 459 g/mol. The highest BCUT2D eigenvalue weighted by Crippen LogP contribution is 2.61. The SMILES string of the molecule is CC(C)OC(=O)C(C)NP1(=O)OCOC2[C@@H](CO1)OC1[C@@H](n3cnc4c(N)ncnc43)C21O. The number of imidazole rings is 1. The first kappa shape index (κ1) is 22.6. The van der Waals surface area contributed by atoms with Crippen molar-refractivity contribution in [2.24, 2.45) is 0 Å². The fraction of sp³-hybridized carbons (Fsp3) is 0.667. The number of carbonyl (C=O) groups is 1. The first-order valence-electron chi connectivity index (χ1n) is 10.4. The summed E-state index contributed by atoms with van der Waals surface area (Å²) < 4.78 is 42.2. The van der Waals surface area contributed by atoms with Gasteiger partial charge >= 0.3 is 13.7 Å². The summed E-state index contributed by atoms with van der Waals surface area (Å²) in [6, 6.07) is -1.46. The van der Waals surface area contributed by atoms with Crippen molar-refractivity contribution in [2.75, 3.05) is 19.1 Å². The molecule has 7 atom stereocenters. The average Bonchev–Trinajstić information content (AvgIpc) is 3.01. The molecule has 3 fully saturated rings. The third-order valence-corrected chi connectivity index (χ3v) is 7.48. The predicted octanol–water partition coefficient (Wildman–Crippen LogP) is -0.111. The van der Waals surface area contributed by atoms with Crippen molar-refractivity contribution in [3.05, 3.63) is 12.7 Å². The minimum absolute atomic E-state index is 0.188. The number of fused-ring (bicyclic) bond motifs is 4. The summed E-state index contributed by atoms with van der Waals surface area (Å²) >= 11 is 0. The lowest BCUT2D eigenvalue weighted by Crippen LogP contribution is -2.45. The van der Waals surface area contributed by atoms with Crippen LogP contribution in [0.4, 0.5) is 5.82 Å². The molecule has 0 aromatic carbocycles. The van der Waals surface area contributed by atoms with E-state index in [2.05, 4.69) is 20.0 Å². The van der Waals surface area contributed by atoms with Crippen LogP contribution in [0.2, 0.25) is 0 Å². The van der Waals surface area contributed by atoms with Crippen LogP contribution in [-0.4, -0.2) is 80.1 Å². The van der Waals surface area contributed by atoms with Crippen LogP contribution in [0.1, 0.15) is 26.8 Å². The van der Waals surface area contributed by atoms with Gasteiger partial charge in [-0.3, -0.25) is 13.8 Å². The molecule has 0 amide bonds. The van der Waals surface area contributed by atoms with Gasteiger partial charge in [0.1, 0.15) is 41.8 Å². The van der Waals surface area contributed by atoms with Crippen LogP contribution in [0.3, 0.4) is 0 Å². The summed E-state index contributed by atoms with van der Waals surface area (Å²) in [6.45, 7) is 4.26. The molecule has 180 valence electrons. The molecular formula is C18H25N6O8P. The van der Waals surface area contributed by atoms with Crippen molar-refractivity contribution in [2.45, 2.75) is 62.9 Å². The Morgan fingerprint density at radius 3 is 2.88 bits per heavy atom. The van der Waals surface area contributed by atoms with Gasteiger partial charge in [-0.05, 0) is 20.8 Å². The Bertz CT molecular complexity index is 1130. The van der Waals surface area contributed by atoms with Crippen LogP contribution in [0.5, 0.6) is 0 Å². The van der Waals surface area contributed by atoms with E-state index in [0.29, 0.717) is 11.2 Å². The summed E-state index contributed by atoms with van der Waals surface area (Å²) in [5.41, 5.74) is 5.33. The van der Waals surface area contributed by atoms with Crippen LogP contribution >= 0.6 is 7.75 Å². The van der Waals surface area contributed by atoms with E-state index >= 15 is 0 Å². The maximum absolute atomic E-state index is 13.0. The number of hydrogen-bond acceptors (Lipinski definition) is 12. The number of ether oxygens (including phenoxy) is 3. The molecule has 0 spiro atoms. The largest absolute Gasteiger partial charge is 0.462 e. The molecule has 2 saturated heterocycles. The summed E-state index contributed by atoms with van der Waals surface area (Å²) in [5.74, 6) is -0.366. The zero-order valence-corrected chi connectivity index (χ0v) is 19.0. The number of anilines is 1. The van der Waals surface area contributed by atoms with Crippen molar-refractivity contribution in [1.29, 1.82) is 0 Å². The molecule has 5 unspecified atom stereocenters. The van der Waals surface area contributed by atoms with E-state index in [-0.39, 0.29) is 18.5 Å². The second-order valence-electron chi connectivity index (χ2n) is 8.47. The van der Waals surface area contributed by atoms with Crippen LogP contribution in [0.25, 0.3) is 11.2 Å². The van der Waals surface area contributed by atoms with Gasteiger partial charge in [-0.15, -0.1) is 0 Å². The molecule has 2 aliphatic heterocycles. The lowest BCUT2D eigenvalue weighted by molar-refractivity contribution is -0.151. The van der Waals surface area contributed by atoms with E-state index < -0.39 is 56.5 Å². The van der Waals surface area contributed by atoms with Crippen molar-refractivity contribution < 1.29 is 37.7 Å². The number of nitrogens with two attached hydrogens (primary N) is 1. The fourth-order valence-corrected chi connectivity index (χ4v) is 5.65. The highest BCUT2D eigenvalue weighted by Gasteiger charge is 2.78. The molecule has 1 saturated carbocycles. The van der Waals surface area contributed by atoms with E-state index in [0.717, 1.165) is 0 Å². The lowest BCUT2D eigenvalue weighted by atomic mass is 10.1. The number of hydrogen-bond donors (Lipinski definition) is 3. The van der Waals surface area contributed by atoms with E-state index in [1.807, 2.05) is 0 Å². The molecule has 2 aromatic heterocycles. The molecule has 4 N–H and O–H groups in total. The van der Waals surface area contributed by atoms with Crippen molar-refractivity contribution in [1.82, 2.24) is 24.6 Å². The monoisotopic (exact) mass is 484 g/mol. The van der Waals surface area contributed by atoms with Crippen molar-refractivity contribution in [3.63, 3.8) is 0 Å². The van der Waals surface area contributed by atoms with E-state index in [4.69, 9.17) is 29.0 Å². The molecule has 3 aliphatic rings. The number of nitrogens with one attached hydrogen (secondary N) is 1. The zero-order chi connectivity index (χ0) is 23.5. The number of rotatable bonds is 5. The van der Waals surface area contributed by atoms with Gasteiger partial charge in [0.15, 0.2) is 18.3 Å². The Labute approximate surface area is 188 Å². The molecule has 14 nitrogen and oxygen atoms in total. The van der Waals surface area contributed by atoms with Crippen LogP contribution in [0.15, 0.2) is 12.7 Å². The average molecular weight is 484 g/mol. The molecule has 33 heavy (non-hydrogen) atoms. The number of nitrogen functional groups attached to an aromatic ring is 1. The first-order valence-corrected chi connectivity index (χ1v) is 12.0. The summed E-state index contributed by atoms with van der Waals surface area (Å²) in [7, 11) is -3.90. The smallest absolute Gasteiger partial charge is 0.408 e. The van der Waals surface area contributed by atoms with Crippen molar-refractivity contribution in [3.8, 4) is 0 Å². The number of aliphatic hydroxyl groups is 1. The predicted molar refractivity (Wildman–Crippen MR) is 111 cm³/mol. The van der Waals surface area contributed by atoms with Crippen LogP contribution < -0.4 is 10.8 Å². The first-order chi connectivity index (χ1) is 15.6. The van der Waals surface area contributed by atoms with Gasteiger partial charge in [0.05, 0.1) is 25.1 Å². The summed E-state index contributed by atoms with van der Waals surface area (Å²) in [4.78, 5) is 24.4. The maximum atomic E-state index is 13.0. The van der Waals surface area contributed by atoms with Gasteiger partial charge in [0.2, 0.25) is 0 Å². The standard InChI is InChI=1S/C18H25N6O8P/c1-8(2)31-17(25)9(3)23-33(27)29-4-10-13(28-7-30-33)18(26)12(14(18)32-10)24-6-22-11-15(19)20-5-21-16(11)24/h5-6,8-10,12-14,26H,4,7H2,1-3H3,(H,23,27)(H2,19,20,21)/t9?,10-,12-,13?,14?,18?,33?/m1/s1. The highest BCUT2D eigenvalue weighted by atomic mass is 31.2. The number of esters is 1. The van der Waals surface area contributed by atoms with Gasteiger partial charge in [0.25, 0.3) is 0 Å². The molecule has 1 aliphatic carbocycles. The molecule has 4 heterocycles. The maximum Gasteiger partial charge on any atom is 0.408 e. The molecule has 5 rings (SSSR count). The topological polar surface area (TPSA) is 182 Å². The molecule has 2 aromatic rings. The number of carbonyl (C=O) groups excluding carboxylic acids is 1. The number of nitrogens with zero attached hydrogens (tertiary/aromatic N) is 4. The Balaban J connectivity index is 1.28. The minimum Gasteiger partial charge on any atom is -0.462 e. The van der Waals surface area contributed by atoms with E-state index in [9.17, 15) is 14.5 Å². The lowest BCUT2D eigenvalue weighted by Gasteiger charge is -2.32.